The summed E-state index contributed by atoms with van der Waals surface area (Å²) in [6.07, 6.45) is -4.75. The largest absolute Gasteiger partial charge is 0.496 e. The van der Waals surface area contributed by atoms with Crippen molar-refractivity contribution in [3.63, 3.8) is 0 Å². The van der Waals surface area contributed by atoms with Crippen LogP contribution in [0.4, 0.5) is 17.6 Å². The van der Waals surface area contributed by atoms with Crippen molar-refractivity contribution in [3.05, 3.63) is 41.2 Å². The summed E-state index contributed by atoms with van der Waals surface area (Å²) in [7, 11) is 1.07. The molecule has 2 aromatic rings. The Balaban J connectivity index is 2.97. The normalized spacial score (nSPS) is 11.7. The van der Waals surface area contributed by atoms with Gasteiger partial charge in [0, 0.05) is 5.39 Å². The summed E-state index contributed by atoms with van der Waals surface area (Å²) in [5, 5.41) is 8.18. The summed E-state index contributed by atoms with van der Waals surface area (Å²) >= 11 is 0. The molecule has 0 atom stereocenters. The quantitative estimate of drug-likeness (QED) is 0.857. The molecule has 106 valence electrons. The lowest BCUT2D eigenvalue weighted by Gasteiger charge is -2.15. The second-order valence-corrected chi connectivity index (χ2v) is 3.96. The monoisotopic (exact) mass is 288 g/mol. The highest BCUT2D eigenvalue weighted by Gasteiger charge is 2.37. The number of carbonyl (C=O) groups is 1. The molecule has 0 fully saturated rings. The molecule has 0 spiro atoms. The predicted molar refractivity (Wildman–Crippen MR) is 62.4 cm³/mol. The lowest BCUT2D eigenvalue weighted by atomic mass is 9.98. The van der Waals surface area contributed by atoms with Crippen LogP contribution in [-0.4, -0.2) is 18.2 Å². The zero-order valence-corrected chi connectivity index (χ0v) is 10.1. The molecule has 7 heteroatoms. The van der Waals surface area contributed by atoms with E-state index in [1.54, 1.807) is 0 Å². The minimum Gasteiger partial charge on any atom is -0.496 e. The zero-order valence-electron chi connectivity index (χ0n) is 10.1. The first-order valence-corrected chi connectivity index (χ1v) is 5.37. The molecule has 0 aliphatic carbocycles. The average Bonchev–Trinajstić information content (AvgIpc) is 2.35. The van der Waals surface area contributed by atoms with Crippen LogP contribution in [0.2, 0.25) is 0 Å². The van der Waals surface area contributed by atoms with Gasteiger partial charge in [-0.25, -0.2) is 9.18 Å². The van der Waals surface area contributed by atoms with Crippen LogP contribution in [0.25, 0.3) is 10.8 Å². The van der Waals surface area contributed by atoms with Crippen molar-refractivity contribution in [1.29, 1.82) is 0 Å². The van der Waals surface area contributed by atoms with Gasteiger partial charge in [0.2, 0.25) is 0 Å². The lowest BCUT2D eigenvalue weighted by molar-refractivity contribution is -0.137. The molecule has 0 aliphatic heterocycles. The molecular formula is C13H8F4O3. The second kappa shape index (κ2) is 4.66. The average molecular weight is 288 g/mol. The highest BCUT2D eigenvalue weighted by Crippen LogP contribution is 2.42. The summed E-state index contributed by atoms with van der Waals surface area (Å²) in [6, 6.07) is 3.65. The highest BCUT2D eigenvalue weighted by molar-refractivity contribution is 6.05. The standard InChI is InChI=1S/C13H8F4O3/c1-20-9-5-3-6-7(11(9)13(15,16)17)2-4-8(14)10(6)12(18)19/h2-5H,1H3,(H,18,19). The Morgan fingerprint density at radius 2 is 1.75 bits per heavy atom. The van der Waals surface area contributed by atoms with E-state index < -0.39 is 40.2 Å². The van der Waals surface area contributed by atoms with Crippen molar-refractivity contribution in [2.45, 2.75) is 6.18 Å². The third kappa shape index (κ3) is 2.15. The second-order valence-electron chi connectivity index (χ2n) is 3.96. The van der Waals surface area contributed by atoms with Crippen LogP contribution in [0, 0.1) is 5.82 Å². The van der Waals surface area contributed by atoms with Crippen molar-refractivity contribution in [2.75, 3.05) is 7.11 Å². The molecule has 0 radical (unpaired) electrons. The Hall–Kier alpha value is -2.31. The summed E-state index contributed by atoms with van der Waals surface area (Å²) in [6.45, 7) is 0. The molecule has 0 amide bonds. The van der Waals surface area contributed by atoms with Gasteiger partial charge in [-0.3, -0.25) is 0 Å². The van der Waals surface area contributed by atoms with Crippen LogP contribution >= 0.6 is 0 Å². The van der Waals surface area contributed by atoms with Crippen molar-refractivity contribution < 1.29 is 32.2 Å². The number of benzene rings is 2. The molecule has 0 aliphatic rings. The molecule has 0 bridgehead atoms. The van der Waals surface area contributed by atoms with Crippen molar-refractivity contribution in [1.82, 2.24) is 0 Å². The van der Waals surface area contributed by atoms with E-state index in [0.717, 1.165) is 25.3 Å². The van der Waals surface area contributed by atoms with Crippen LogP contribution in [0.5, 0.6) is 5.75 Å². The van der Waals surface area contributed by atoms with Crippen molar-refractivity contribution in [2.24, 2.45) is 0 Å². The van der Waals surface area contributed by atoms with Crippen molar-refractivity contribution >= 4 is 16.7 Å². The van der Waals surface area contributed by atoms with Crippen molar-refractivity contribution in [3.8, 4) is 5.75 Å². The Kier molecular flexibility index (Phi) is 3.29. The topological polar surface area (TPSA) is 46.5 Å². The SMILES string of the molecule is COc1ccc2c(C(=O)O)c(F)ccc2c1C(F)(F)F. The van der Waals surface area contributed by atoms with Crippen LogP contribution in [-0.2, 0) is 6.18 Å². The molecule has 0 saturated carbocycles. The Morgan fingerprint density at radius 1 is 1.15 bits per heavy atom. The third-order valence-corrected chi connectivity index (χ3v) is 2.83. The summed E-state index contributed by atoms with van der Waals surface area (Å²) in [5.41, 5.74) is -1.92. The maximum absolute atomic E-state index is 13.5. The number of aromatic carboxylic acids is 1. The number of hydrogen-bond donors (Lipinski definition) is 1. The van der Waals surface area contributed by atoms with Gasteiger partial charge in [0.25, 0.3) is 0 Å². The van der Waals surface area contributed by atoms with Gasteiger partial charge in [-0.05, 0) is 23.6 Å². The minimum atomic E-state index is -4.75. The number of hydrogen-bond acceptors (Lipinski definition) is 2. The highest BCUT2D eigenvalue weighted by atomic mass is 19.4. The number of fused-ring (bicyclic) bond motifs is 1. The van der Waals surface area contributed by atoms with E-state index in [1.165, 1.54) is 0 Å². The molecular weight excluding hydrogens is 280 g/mol. The maximum Gasteiger partial charge on any atom is 0.420 e. The number of methoxy groups -OCH3 is 1. The van der Waals surface area contributed by atoms with Gasteiger partial charge in [0.1, 0.15) is 22.7 Å². The fraction of sp³-hybridized carbons (Fsp3) is 0.154. The summed E-state index contributed by atoms with van der Waals surface area (Å²) < 4.78 is 57.4. The molecule has 2 aromatic carbocycles. The molecule has 3 nitrogen and oxygen atoms in total. The summed E-state index contributed by atoms with van der Waals surface area (Å²) in [4.78, 5) is 11.0. The van der Waals surface area contributed by atoms with Gasteiger partial charge in [-0.1, -0.05) is 6.07 Å². The molecule has 0 heterocycles. The molecule has 0 aromatic heterocycles. The smallest absolute Gasteiger partial charge is 0.420 e. The number of alkyl halides is 3. The lowest BCUT2D eigenvalue weighted by Crippen LogP contribution is -2.10. The molecule has 20 heavy (non-hydrogen) atoms. The first kappa shape index (κ1) is 14.1. The Morgan fingerprint density at radius 3 is 2.25 bits per heavy atom. The van der Waals surface area contributed by atoms with Gasteiger partial charge in [-0.15, -0.1) is 0 Å². The predicted octanol–water partition coefficient (Wildman–Crippen LogP) is 3.70. The number of carboxylic acid groups (broad SMARTS) is 1. The number of carboxylic acids is 1. The Bertz CT molecular complexity index is 692. The van der Waals surface area contributed by atoms with E-state index in [-0.39, 0.29) is 5.39 Å². The van der Waals surface area contributed by atoms with E-state index in [1.807, 2.05) is 0 Å². The molecule has 2 rings (SSSR count). The van der Waals surface area contributed by atoms with Gasteiger partial charge < -0.3 is 9.84 Å². The van der Waals surface area contributed by atoms with E-state index in [0.29, 0.717) is 6.07 Å². The first-order valence-electron chi connectivity index (χ1n) is 5.37. The number of rotatable bonds is 2. The van der Waals surface area contributed by atoms with Gasteiger partial charge in [0.05, 0.1) is 7.11 Å². The fourth-order valence-corrected chi connectivity index (χ4v) is 2.04. The summed E-state index contributed by atoms with van der Waals surface area (Å²) in [5.74, 6) is -3.18. The van der Waals surface area contributed by atoms with Crippen LogP contribution < -0.4 is 4.74 Å². The number of ether oxygens (including phenoxy) is 1. The van der Waals surface area contributed by atoms with Crippen LogP contribution in [0.1, 0.15) is 15.9 Å². The minimum absolute atomic E-state index is 0.328. The van der Waals surface area contributed by atoms with E-state index in [2.05, 4.69) is 4.74 Å². The molecule has 0 saturated heterocycles. The zero-order chi connectivity index (χ0) is 15.1. The van der Waals surface area contributed by atoms with Gasteiger partial charge in [0.15, 0.2) is 0 Å². The van der Waals surface area contributed by atoms with Crippen LogP contribution in [0.15, 0.2) is 24.3 Å². The maximum atomic E-state index is 13.5. The first-order chi connectivity index (χ1) is 9.27. The van der Waals surface area contributed by atoms with E-state index >= 15 is 0 Å². The third-order valence-electron chi connectivity index (χ3n) is 2.83. The van der Waals surface area contributed by atoms with Crippen LogP contribution in [0.3, 0.4) is 0 Å². The van der Waals surface area contributed by atoms with Gasteiger partial charge >= 0.3 is 12.1 Å². The van der Waals surface area contributed by atoms with E-state index in [9.17, 15) is 22.4 Å². The Labute approximate surface area is 110 Å². The molecule has 0 unspecified atom stereocenters. The van der Waals surface area contributed by atoms with E-state index in [4.69, 9.17) is 5.11 Å². The fourth-order valence-electron chi connectivity index (χ4n) is 2.04. The molecule has 1 N–H and O–H groups in total. The number of halogens is 4. The van der Waals surface area contributed by atoms with Gasteiger partial charge in [-0.2, -0.15) is 13.2 Å².